The highest BCUT2D eigenvalue weighted by Gasteiger charge is 2.23. The lowest BCUT2D eigenvalue weighted by atomic mass is 10.4. The fraction of sp³-hybridized carbons (Fsp3) is 0.400. The van der Waals surface area contributed by atoms with Gasteiger partial charge in [0.25, 0.3) is 5.91 Å². The van der Waals surface area contributed by atoms with Crippen LogP contribution >= 0.6 is 11.6 Å². The molecule has 0 aromatic carbocycles. The number of nitrogens with zero attached hydrogens (tertiary/aromatic N) is 2. The third-order valence-electron chi connectivity index (χ3n) is 2.19. The predicted octanol–water partition coefficient (Wildman–Crippen LogP) is 0.138. The molecule has 1 fully saturated rings. The van der Waals surface area contributed by atoms with Crippen LogP contribution in [0.1, 0.15) is 23.3 Å². The van der Waals surface area contributed by atoms with Crippen LogP contribution in [0.5, 0.6) is 0 Å². The minimum atomic E-state index is -0.467. The van der Waals surface area contributed by atoms with E-state index in [-0.39, 0.29) is 29.3 Å². The Bertz CT molecular complexity index is 448. The van der Waals surface area contributed by atoms with E-state index in [4.69, 9.17) is 11.6 Å². The molecule has 7 heteroatoms. The summed E-state index contributed by atoms with van der Waals surface area (Å²) in [7, 11) is 0. The molecule has 0 spiro atoms. The number of amides is 2. The molecule has 1 heterocycles. The van der Waals surface area contributed by atoms with Crippen LogP contribution in [0, 0.1) is 0 Å². The Kier molecular flexibility index (Phi) is 3.53. The molecule has 0 saturated heterocycles. The van der Waals surface area contributed by atoms with Gasteiger partial charge in [-0.3, -0.25) is 14.6 Å². The van der Waals surface area contributed by atoms with Crippen molar-refractivity contribution >= 4 is 23.4 Å². The molecule has 1 aromatic rings. The lowest BCUT2D eigenvalue weighted by Gasteiger charge is -2.05. The molecule has 2 amide bonds. The average Bonchev–Trinajstić information content (AvgIpc) is 3.10. The molecule has 0 atom stereocenters. The molecule has 0 radical (unpaired) electrons. The van der Waals surface area contributed by atoms with Crippen molar-refractivity contribution < 1.29 is 9.59 Å². The summed E-state index contributed by atoms with van der Waals surface area (Å²) in [5, 5.41) is 5.34. The molecule has 0 bridgehead atoms. The van der Waals surface area contributed by atoms with Gasteiger partial charge in [0.15, 0.2) is 0 Å². The van der Waals surface area contributed by atoms with Gasteiger partial charge in [-0.2, -0.15) is 0 Å². The molecule has 2 rings (SSSR count). The Morgan fingerprint density at radius 3 is 2.82 bits per heavy atom. The number of carbonyl (C=O) groups is 2. The smallest absolute Gasteiger partial charge is 0.271 e. The third-order valence-corrected chi connectivity index (χ3v) is 2.37. The van der Waals surface area contributed by atoms with Gasteiger partial charge in [-0.05, 0) is 12.8 Å². The maximum absolute atomic E-state index is 11.6. The first-order valence-corrected chi connectivity index (χ1v) is 5.58. The molecule has 0 aliphatic heterocycles. The van der Waals surface area contributed by atoms with Gasteiger partial charge in [0, 0.05) is 6.04 Å². The van der Waals surface area contributed by atoms with Crippen molar-refractivity contribution in [2.45, 2.75) is 18.9 Å². The van der Waals surface area contributed by atoms with Crippen molar-refractivity contribution in [3.8, 4) is 0 Å². The molecule has 1 aromatic heterocycles. The van der Waals surface area contributed by atoms with Gasteiger partial charge in [0.1, 0.15) is 10.8 Å². The lowest BCUT2D eigenvalue weighted by molar-refractivity contribution is -0.120. The topological polar surface area (TPSA) is 84.0 Å². The molecule has 1 saturated carbocycles. The second kappa shape index (κ2) is 5.09. The van der Waals surface area contributed by atoms with E-state index in [2.05, 4.69) is 20.6 Å². The number of aromatic nitrogens is 2. The van der Waals surface area contributed by atoms with E-state index in [1.165, 1.54) is 12.4 Å². The molecule has 1 aliphatic carbocycles. The molecule has 1 aliphatic rings. The summed E-state index contributed by atoms with van der Waals surface area (Å²) >= 11 is 5.60. The van der Waals surface area contributed by atoms with Crippen LogP contribution < -0.4 is 10.6 Å². The summed E-state index contributed by atoms with van der Waals surface area (Å²) in [6.45, 7) is -0.0659. The number of hydrogen-bond donors (Lipinski definition) is 2. The molecule has 6 nitrogen and oxygen atoms in total. The van der Waals surface area contributed by atoms with Crippen molar-refractivity contribution in [2.75, 3.05) is 6.54 Å². The molecule has 2 N–H and O–H groups in total. The number of halogens is 1. The maximum Gasteiger partial charge on any atom is 0.271 e. The minimum Gasteiger partial charge on any atom is -0.352 e. The van der Waals surface area contributed by atoms with Gasteiger partial charge in [0.05, 0.1) is 18.9 Å². The van der Waals surface area contributed by atoms with Crippen molar-refractivity contribution in [1.82, 2.24) is 20.6 Å². The number of rotatable bonds is 4. The summed E-state index contributed by atoms with van der Waals surface area (Å²) in [5.41, 5.74) is 0.0942. The van der Waals surface area contributed by atoms with E-state index < -0.39 is 5.91 Å². The predicted molar refractivity (Wildman–Crippen MR) is 60.5 cm³/mol. The zero-order chi connectivity index (χ0) is 12.3. The van der Waals surface area contributed by atoms with Crippen LogP contribution in [-0.4, -0.2) is 34.4 Å². The van der Waals surface area contributed by atoms with E-state index in [0.29, 0.717) is 0 Å². The zero-order valence-corrected chi connectivity index (χ0v) is 9.70. The highest BCUT2D eigenvalue weighted by molar-refractivity contribution is 6.29. The summed E-state index contributed by atoms with van der Waals surface area (Å²) in [4.78, 5) is 30.4. The average molecular weight is 255 g/mol. The first-order valence-electron chi connectivity index (χ1n) is 5.20. The number of nitrogens with one attached hydrogen (secondary N) is 2. The summed E-state index contributed by atoms with van der Waals surface area (Å²) in [5.74, 6) is -0.665. The largest absolute Gasteiger partial charge is 0.352 e. The van der Waals surface area contributed by atoms with Gasteiger partial charge in [0.2, 0.25) is 5.91 Å². The van der Waals surface area contributed by atoms with Gasteiger partial charge in [-0.15, -0.1) is 0 Å². The third kappa shape index (κ3) is 3.67. The highest BCUT2D eigenvalue weighted by atomic mass is 35.5. The Hall–Kier alpha value is -1.69. The standard InChI is InChI=1S/C10H11ClN4O2/c11-8-4-12-3-7(15-8)10(17)13-5-9(16)14-6-1-2-6/h3-4,6H,1-2,5H2,(H,13,17)(H,14,16). The fourth-order valence-electron chi connectivity index (χ4n) is 1.21. The first kappa shape index (κ1) is 11.8. The minimum absolute atomic E-state index is 0.0659. The van der Waals surface area contributed by atoms with E-state index in [1.807, 2.05) is 0 Å². The SMILES string of the molecule is O=C(CNC(=O)c1cncc(Cl)n1)NC1CC1. The van der Waals surface area contributed by atoms with Gasteiger partial charge >= 0.3 is 0 Å². The van der Waals surface area contributed by atoms with Crippen molar-refractivity contribution in [3.63, 3.8) is 0 Å². The van der Waals surface area contributed by atoms with Gasteiger partial charge in [-0.1, -0.05) is 11.6 Å². The highest BCUT2D eigenvalue weighted by Crippen LogP contribution is 2.18. The van der Waals surface area contributed by atoms with E-state index in [0.717, 1.165) is 12.8 Å². The van der Waals surface area contributed by atoms with E-state index in [1.54, 1.807) is 0 Å². The van der Waals surface area contributed by atoms with Crippen LogP contribution in [0.25, 0.3) is 0 Å². The molecular formula is C10H11ClN4O2. The van der Waals surface area contributed by atoms with Crippen LogP contribution in [0.2, 0.25) is 5.15 Å². The van der Waals surface area contributed by atoms with Crippen LogP contribution in [-0.2, 0) is 4.79 Å². The summed E-state index contributed by atoms with van der Waals surface area (Å²) < 4.78 is 0. The summed E-state index contributed by atoms with van der Waals surface area (Å²) in [6, 6.07) is 0.283. The van der Waals surface area contributed by atoms with E-state index >= 15 is 0 Å². The Labute approximate surface area is 103 Å². The quantitative estimate of drug-likeness (QED) is 0.801. The molecule has 0 unspecified atom stereocenters. The van der Waals surface area contributed by atoms with Crippen LogP contribution in [0.4, 0.5) is 0 Å². The number of hydrogen-bond acceptors (Lipinski definition) is 4. The molecule has 90 valence electrons. The lowest BCUT2D eigenvalue weighted by Crippen LogP contribution is -2.38. The van der Waals surface area contributed by atoms with Crippen LogP contribution in [0.3, 0.4) is 0 Å². The Balaban J connectivity index is 1.82. The summed E-state index contributed by atoms with van der Waals surface area (Å²) in [6.07, 6.45) is 4.65. The second-order valence-electron chi connectivity index (χ2n) is 3.75. The Morgan fingerprint density at radius 1 is 1.41 bits per heavy atom. The monoisotopic (exact) mass is 254 g/mol. The maximum atomic E-state index is 11.6. The van der Waals surface area contributed by atoms with Crippen molar-refractivity contribution in [3.05, 3.63) is 23.2 Å². The zero-order valence-electron chi connectivity index (χ0n) is 8.94. The van der Waals surface area contributed by atoms with Gasteiger partial charge < -0.3 is 10.6 Å². The molecule has 17 heavy (non-hydrogen) atoms. The van der Waals surface area contributed by atoms with E-state index in [9.17, 15) is 9.59 Å². The Morgan fingerprint density at radius 2 is 2.18 bits per heavy atom. The molecular weight excluding hydrogens is 244 g/mol. The number of carbonyl (C=O) groups excluding carboxylic acids is 2. The van der Waals surface area contributed by atoms with Crippen LogP contribution in [0.15, 0.2) is 12.4 Å². The van der Waals surface area contributed by atoms with Gasteiger partial charge in [-0.25, -0.2) is 4.98 Å². The second-order valence-corrected chi connectivity index (χ2v) is 4.14. The van der Waals surface area contributed by atoms with Crippen molar-refractivity contribution in [2.24, 2.45) is 0 Å². The first-order chi connectivity index (χ1) is 8.15. The normalized spacial score (nSPS) is 14.2. The van der Waals surface area contributed by atoms with Crippen molar-refractivity contribution in [1.29, 1.82) is 0 Å². The fourth-order valence-corrected chi connectivity index (χ4v) is 1.36.